The molecule has 1 saturated heterocycles. The average molecular weight is 234 g/mol. The van der Waals surface area contributed by atoms with Gasteiger partial charge < -0.3 is 10.0 Å². The number of hydrogen-bond acceptors (Lipinski definition) is 3. The molecule has 0 amide bonds. The van der Waals surface area contributed by atoms with Gasteiger partial charge in [0.2, 0.25) is 0 Å². The highest BCUT2D eigenvalue weighted by atomic mass is 16.4. The summed E-state index contributed by atoms with van der Waals surface area (Å²) in [5, 5.41) is 8.96. The van der Waals surface area contributed by atoms with E-state index in [0.717, 1.165) is 26.2 Å². The first-order chi connectivity index (χ1) is 8.18. The molecule has 1 fully saturated rings. The highest BCUT2D eigenvalue weighted by Crippen LogP contribution is 2.16. The number of benzene rings is 1. The van der Waals surface area contributed by atoms with E-state index in [1.54, 1.807) is 6.92 Å². The minimum absolute atomic E-state index is 0.382. The Kier molecular flexibility index (Phi) is 3.64. The van der Waals surface area contributed by atoms with E-state index in [2.05, 4.69) is 17.0 Å². The molecule has 1 aromatic rings. The third kappa shape index (κ3) is 2.77. The summed E-state index contributed by atoms with van der Waals surface area (Å²) in [5.41, 5.74) is 1.22. The minimum Gasteiger partial charge on any atom is -0.480 e. The Morgan fingerprint density at radius 2 is 1.76 bits per heavy atom. The number of piperazine rings is 1. The first-order valence-corrected chi connectivity index (χ1v) is 5.95. The second-order valence-corrected chi connectivity index (χ2v) is 4.37. The van der Waals surface area contributed by atoms with Gasteiger partial charge in [-0.2, -0.15) is 0 Å². The van der Waals surface area contributed by atoms with Gasteiger partial charge in [-0.3, -0.25) is 9.69 Å². The molecule has 2 rings (SSSR count). The lowest BCUT2D eigenvalue weighted by Crippen LogP contribution is -2.51. The molecule has 17 heavy (non-hydrogen) atoms. The van der Waals surface area contributed by atoms with E-state index in [9.17, 15) is 4.79 Å². The van der Waals surface area contributed by atoms with Crippen molar-refractivity contribution >= 4 is 11.7 Å². The van der Waals surface area contributed by atoms with Crippen LogP contribution in [-0.2, 0) is 4.79 Å². The van der Waals surface area contributed by atoms with Crippen LogP contribution in [0.15, 0.2) is 30.3 Å². The lowest BCUT2D eigenvalue weighted by atomic mass is 10.2. The van der Waals surface area contributed by atoms with E-state index < -0.39 is 5.97 Å². The Morgan fingerprint density at radius 1 is 1.18 bits per heavy atom. The summed E-state index contributed by atoms with van der Waals surface area (Å²) in [5.74, 6) is -0.738. The first-order valence-electron chi connectivity index (χ1n) is 5.95. The maximum atomic E-state index is 10.9. The van der Waals surface area contributed by atoms with Crippen molar-refractivity contribution in [1.29, 1.82) is 0 Å². The summed E-state index contributed by atoms with van der Waals surface area (Å²) >= 11 is 0. The number of nitrogens with zero attached hydrogens (tertiary/aromatic N) is 2. The molecular formula is C13H18N2O2. The second kappa shape index (κ2) is 5.19. The zero-order valence-electron chi connectivity index (χ0n) is 10.0. The molecular weight excluding hydrogens is 216 g/mol. The van der Waals surface area contributed by atoms with Crippen LogP contribution in [0.4, 0.5) is 5.69 Å². The number of carboxylic acid groups (broad SMARTS) is 1. The molecule has 1 aliphatic heterocycles. The van der Waals surface area contributed by atoms with Gasteiger partial charge in [0.05, 0.1) is 0 Å². The van der Waals surface area contributed by atoms with Crippen LogP contribution in [0.3, 0.4) is 0 Å². The van der Waals surface area contributed by atoms with Crippen molar-refractivity contribution in [2.45, 2.75) is 13.0 Å². The van der Waals surface area contributed by atoms with Crippen LogP contribution >= 0.6 is 0 Å². The maximum absolute atomic E-state index is 10.9. The minimum atomic E-state index is -0.738. The highest BCUT2D eigenvalue weighted by Gasteiger charge is 2.24. The fourth-order valence-electron chi connectivity index (χ4n) is 2.16. The van der Waals surface area contributed by atoms with Crippen molar-refractivity contribution in [3.63, 3.8) is 0 Å². The van der Waals surface area contributed by atoms with Crippen molar-refractivity contribution in [2.75, 3.05) is 31.1 Å². The largest absolute Gasteiger partial charge is 0.480 e. The number of para-hydroxylation sites is 1. The van der Waals surface area contributed by atoms with Gasteiger partial charge in [-0.15, -0.1) is 0 Å². The number of rotatable bonds is 3. The van der Waals surface area contributed by atoms with E-state index in [-0.39, 0.29) is 6.04 Å². The van der Waals surface area contributed by atoms with E-state index >= 15 is 0 Å². The topological polar surface area (TPSA) is 43.8 Å². The Balaban J connectivity index is 1.93. The molecule has 92 valence electrons. The van der Waals surface area contributed by atoms with Gasteiger partial charge in [0, 0.05) is 31.9 Å². The molecule has 0 spiro atoms. The van der Waals surface area contributed by atoms with E-state index in [1.165, 1.54) is 5.69 Å². The summed E-state index contributed by atoms with van der Waals surface area (Å²) in [6.07, 6.45) is 0. The van der Waals surface area contributed by atoms with Gasteiger partial charge in [-0.1, -0.05) is 18.2 Å². The SMILES string of the molecule is C[C@@H](C(=O)O)N1CCN(c2ccccc2)CC1. The van der Waals surface area contributed by atoms with Crippen molar-refractivity contribution in [3.05, 3.63) is 30.3 Å². The quantitative estimate of drug-likeness (QED) is 0.855. The maximum Gasteiger partial charge on any atom is 0.320 e. The molecule has 1 N–H and O–H groups in total. The molecule has 0 aromatic heterocycles. The summed E-state index contributed by atoms with van der Waals surface area (Å²) in [6, 6.07) is 9.87. The number of hydrogen-bond donors (Lipinski definition) is 1. The number of anilines is 1. The van der Waals surface area contributed by atoms with Crippen LogP contribution in [0, 0.1) is 0 Å². The molecule has 1 aliphatic rings. The molecule has 0 saturated carbocycles. The standard InChI is InChI=1S/C13H18N2O2/c1-11(13(16)17)14-7-9-15(10-8-14)12-5-3-2-4-6-12/h2-6,11H,7-10H2,1H3,(H,16,17)/t11-/m0/s1. The molecule has 4 nitrogen and oxygen atoms in total. The fraction of sp³-hybridized carbons (Fsp3) is 0.462. The average Bonchev–Trinajstić information content (AvgIpc) is 2.39. The Bertz CT molecular complexity index is 372. The fourth-order valence-corrected chi connectivity index (χ4v) is 2.16. The van der Waals surface area contributed by atoms with Crippen LogP contribution < -0.4 is 4.90 Å². The zero-order valence-corrected chi connectivity index (χ0v) is 10.0. The highest BCUT2D eigenvalue weighted by molar-refractivity contribution is 5.72. The summed E-state index contributed by atoms with van der Waals surface area (Å²) in [7, 11) is 0. The monoisotopic (exact) mass is 234 g/mol. The molecule has 0 bridgehead atoms. The third-order valence-electron chi connectivity index (χ3n) is 3.34. The summed E-state index contributed by atoms with van der Waals surface area (Å²) in [4.78, 5) is 15.2. The molecule has 4 heteroatoms. The normalized spacial score (nSPS) is 19.0. The number of aliphatic carboxylic acids is 1. The summed E-state index contributed by atoms with van der Waals surface area (Å²) in [6.45, 7) is 5.15. The van der Waals surface area contributed by atoms with Gasteiger partial charge in [0.25, 0.3) is 0 Å². The lowest BCUT2D eigenvalue weighted by molar-refractivity contribution is -0.142. The van der Waals surface area contributed by atoms with Crippen LogP contribution in [0.2, 0.25) is 0 Å². The molecule has 0 aliphatic carbocycles. The predicted octanol–water partition coefficient (Wildman–Crippen LogP) is 1.28. The van der Waals surface area contributed by atoms with Gasteiger partial charge >= 0.3 is 5.97 Å². The first kappa shape index (κ1) is 11.9. The van der Waals surface area contributed by atoms with Crippen molar-refractivity contribution in [2.24, 2.45) is 0 Å². The predicted molar refractivity (Wildman–Crippen MR) is 67.3 cm³/mol. The Labute approximate surface area is 101 Å². The molecule has 1 aromatic carbocycles. The van der Waals surface area contributed by atoms with Crippen molar-refractivity contribution in [3.8, 4) is 0 Å². The molecule has 1 heterocycles. The van der Waals surface area contributed by atoms with E-state index in [4.69, 9.17) is 5.11 Å². The number of carbonyl (C=O) groups is 1. The van der Waals surface area contributed by atoms with Crippen molar-refractivity contribution in [1.82, 2.24) is 4.90 Å². The second-order valence-electron chi connectivity index (χ2n) is 4.37. The molecule has 0 unspecified atom stereocenters. The van der Waals surface area contributed by atoms with E-state index in [1.807, 2.05) is 23.1 Å². The van der Waals surface area contributed by atoms with Crippen LogP contribution in [-0.4, -0.2) is 48.2 Å². The van der Waals surface area contributed by atoms with Gasteiger partial charge in [0.15, 0.2) is 0 Å². The van der Waals surface area contributed by atoms with Crippen LogP contribution in [0.5, 0.6) is 0 Å². The third-order valence-corrected chi connectivity index (χ3v) is 3.34. The van der Waals surface area contributed by atoms with E-state index in [0.29, 0.717) is 0 Å². The smallest absolute Gasteiger partial charge is 0.320 e. The summed E-state index contributed by atoms with van der Waals surface area (Å²) < 4.78 is 0. The van der Waals surface area contributed by atoms with Crippen molar-refractivity contribution < 1.29 is 9.90 Å². The zero-order chi connectivity index (χ0) is 12.3. The number of carboxylic acids is 1. The van der Waals surface area contributed by atoms with Gasteiger partial charge in [-0.25, -0.2) is 0 Å². The lowest BCUT2D eigenvalue weighted by Gasteiger charge is -2.37. The Hall–Kier alpha value is -1.55. The van der Waals surface area contributed by atoms with Gasteiger partial charge in [0.1, 0.15) is 6.04 Å². The molecule has 1 atom stereocenters. The van der Waals surface area contributed by atoms with Gasteiger partial charge in [-0.05, 0) is 19.1 Å². The molecule has 0 radical (unpaired) electrons. The Morgan fingerprint density at radius 3 is 2.29 bits per heavy atom. The van der Waals surface area contributed by atoms with Crippen LogP contribution in [0.1, 0.15) is 6.92 Å². The van der Waals surface area contributed by atoms with Crippen LogP contribution in [0.25, 0.3) is 0 Å².